The van der Waals surface area contributed by atoms with E-state index in [9.17, 15) is 0 Å². The van der Waals surface area contributed by atoms with Gasteiger partial charge >= 0.3 is 0 Å². The van der Waals surface area contributed by atoms with Gasteiger partial charge in [-0.15, -0.1) is 0 Å². The van der Waals surface area contributed by atoms with E-state index < -0.39 is 0 Å². The normalized spacial score (nSPS) is 12.3. The maximum absolute atomic E-state index is 2.33. The molecule has 0 spiro atoms. The average Bonchev–Trinajstić information content (AvgIpc) is 3.10. The molecule has 1 aliphatic rings. The molecule has 0 heteroatoms. The predicted molar refractivity (Wildman–Crippen MR) is 96.0 cm³/mol. The van der Waals surface area contributed by atoms with E-state index in [1.807, 2.05) is 41.5 Å². The number of hydrogen-bond donors (Lipinski definition) is 0. The summed E-state index contributed by atoms with van der Waals surface area (Å²) in [5.41, 5.74) is 0. The van der Waals surface area contributed by atoms with E-state index in [0.717, 1.165) is 5.92 Å². The topological polar surface area (TPSA) is 0 Å². The second-order valence-electron chi connectivity index (χ2n) is 4.06. The maximum Gasteiger partial charge on any atom is -0.0348 e. The molecule has 0 N–H and O–H groups in total. The molecule has 0 aliphatic heterocycles. The van der Waals surface area contributed by atoms with Crippen molar-refractivity contribution in [3.8, 4) is 0 Å². The largest absolute Gasteiger partial charge is 0.0885 e. The lowest BCUT2D eigenvalue weighted by Gasteiger charge is -2.04. The van der Waals surface area contributed by atoms with Gasteiger partial charge < -0.3 is 0 Å². The molecule has 19 heavy (non-hydrogen) atoms. The van der Waals surface area contributed by atoms with E-state index in [-0.39, 0.29) is 0 Å². The lowest BCUT2D eigenvalue weighted by molar-refractivity contribution is 0.492. The Labute approximate surface area is 126 Å². The zero-order chi connectivity index (χ0) is 15.9. The molecular weight excluding hydrogens is 228 g/mol. The Kier molecular flexibility index (Phi) is 51.5. The molecule has 1 unspecified atom stereocenters. The molecule has 120 valence electrons. The second kappa shape index (κ2) is 36.1. The van der Waals surface area contributed by atoms with E-state index >= 15 is 0 Å². The summed E-state index contributed by atoms with van der Waals surface area (Å²) >= 11 is 0. The molecule has 0 radical (unpaired) electrons. The van der Waals surface area contributed by atoms with Crippen LogP contribution in [0.5, 0.6) is 0 Å². The highest BCUT2D eigenvalue weighted by Gasteiger charge is 1.94. The predicted octanol–water partition coefficient (Wildman–Crippen LogP) is 8.03. The Balaban J connectivity index is -0.0000000877. The molecule has 1 atom stereocenters. The standard InChI is InChI=1S/C8H18.C5H8.3C2H6/c1-4-6-7-8(3)5-2;1-2-4-5-3-1;3*1-2/h8H,4-7H2,1-3H3;1-2H,3-5H2;3*1-2H3. The van der Waals surface area contributed by atoms with Crippen LogP contribution in [-0.2, 0) is 0 Å². The summed E-state index contributed by atoms with van der Waals surface area (Å²) in [5.74, 6) is 0.954. The first-order chi connectivity index (χ1) is 9.31. The van der Waals surface area contributed by atoms with Crippen LogP contribution in [0.25, 0.3) is 0 Å². The monoisotopic (exact) mass is 272 g/mol. The van der Waals surface area contributed by atoms with Crippen LogP contribution < -0.4 is 0 Å². The van der Waals surface area contributed by atoms with Gasteiger partial charge in [-0.05, 0) is 25.2 Å². The van der Waals surface area contributed by atoms with E-state index in [1.54, 1.807) is 0 Å². The summed E-state index contributed by atoms with van der Waals surface area (Å²) in [5, 5.41) is 0. The summed E-state index contributed by atoms with van der Waals surface area (Å²) < 4.78 is 0. The van der Waals surface area contributed by atoms with Crippen molar-refractivity contribution < 1.29 is 0 Å². The van der Waals surface area contributed by atoms with Gasteiger partial charge in [-0.3, -0.25) is 0 Å². The van der Waals surface area contributed by atoms with Crippen molar-refractivity contribution >= 4 is 0 Å². The molecule has 0 bridgehead atoms. The fourth-order valence-corrected chi connectivity index (χ4v) is 1.35. The van der Waals surface area contributed by atoms with Crippen LogP contribution in [0.15, 0.2) is 12.2 Å². The molecular formula is C19H44. The van der Waals surface area contributed by atoms with Crippen LogP contribution in [0, 0.1) is 5.92 Å². The minimum Gasteiger partial charge on any atom is -0.0885 e. The van der Waals surface area contributed by atoms with Gasteiger partial charge in [0.25, 0.3) is 0 Å². The van der Waals surface area contributed by atoms with E-state index in [2.05, 4.69) is 32.9 Å². The van der Waals surface area contributed by atoms with Crippen molar-refractivity contribution in [2.45, 2.75) is 107 Å². The summed E-state index contributed by atoms with van der Waals surface area (Å²) in [7, 11) is 0. The summed E-state index contributed by atoms with van der Waals surface area (Å²) in [6.07, 6.45) is 14.0. The first-order valence-electron chi connectivity index (χ1n) is 8.96. The SMILES string of the molecule is C1=CCCC1.CC.CC.CC.CCCCC(C)CC. The highest BCUT2D eigenvalue weighted by atomic mass is 14.0. The number of hydrogen-bond acceptors (Lipinski definition) is 0. The summed E-state index contributed by atoms with van der Waals surface area (Å²) in [6.45, 7) is 18.8. The lowest BCUT2D eigenvalue weighted by Crippen LogP contribution is -1.89. The molecule has 0 fully saturated rings. The van der Waals surface area contributed by atoms with Gasteiger partial charge in [-0.25, -0.2) is 0 Å². The third kappa shape index (κ3) is 38.1. The van der Waals surface area contributed by atoms with Gasteiger partial charge in [0.2, 0.25) is 0 Å². The van der Waals surface area contributed by atoms with Crippen molar-refractivity contribution in [1.82, 2.24) is 0 Å². The molecule has 0 aromatic rings. The van der Waals surface area contributed by atoms with Crippen molar-refractivity contribution in [1.29, 1.82) is 0 Å². The third-order valence-corrected chi connectivity index (χ3v) is 2.66. The highest BCUT2D eigenvalue weighted by Crippen LogP contribution is 2.09. The van der Waals surface area contributed by atoms with E-state index in [0.29, 0.717) is 0 Å². The molecule has 0 saturated heterocycles. The molecule has 0 heterocycles. The zero-order valence-electron chi connectivity index (χ0n) is 15.7. The molecule has 1 rings (SSSR count). The van der Waals surface area contributed by atoms with Crippen molar-refractivity contribution in [3.63, 3.8) is 0 Å². The smallest absolute Gasteiger partial charge is 0.0348 e. The number of unbranched alkanes of at least 4 members (excludes halogenated alkanes) is 1. The van der Waals surface area contributed by atoms with Crippen LogP contribution in [0.2, 0.25) is 0 Å². The minimum absolute atomic E-state index is 0.954. The van der Waals surface area contributed by atoms with Gasteiger partial charge in [0.15, 0.2) is 0 Å². The first-order valence-corrected chi connectivity index (χ1v) is 8.96. The molecule has 0 nitrogen and oxygen atoms in total. The quantitative estimate of drug-likeness (QED) is 0.454. The van der Waals surface area contributed by atoms with Crippen LogP contribution in [0.4, 0.5) is 0 Å². The van der Waals surface area contributed by atoms with Gasteiger partial charge in [0, 0.05) is 0 Å². The minimum atomic E-state index is 0.954. The van der Waals surface area contributed by atoms with Crippen LogP contribution in [0.3, 0.4) is 0 Å². The van der Waals surface area contributed by atoms with Crippen LogP contribution >= 0.6 is 0 Å². The van der Waals surface area contributed by atoms with Crippen LogP contribution in [0.1, 0.15) is 107 Å². The number of allylic oxidation sites excluding steroid dienone is 2. The zero-order valence-corrected chi connectivity index (χ0v) is 15.7. The molecule has 0 amide bonds. The molecule has 0 aromatic heterocycles. The van der Waals surface area contributed by atoms with Crippen molar-refractivity contribution in [2.75, 3.05) is 0 Å². The molecule has 0 saturated carbocycles. The van der Waals surface area contributed by atoms with Gasteiger partial charge in [0.1, 0.15) is 0 Å². The second-order valence-corrected chi connectivity index (χ2v) is 4.06. The maximum atomic E-state index is 2.33. The Morgan fingerprint density at radius 1 is 0.842 bits per heavy atom. The average molecular weight is 273 g/mol. The first kappa shape index (κ1) is 27.1. The fourth-order valence-electron chi connectivity index (χ4n) is 1.35. The third-order valence-electron chi connectivity index (χ3n) is 2.66. The van der Waals surface area contributed by atoms with Gasteiger partial charge in [-0.1, -0.05) is 100 Å². The Bertz CT molecular complexity index is 107. The van der Waals surface area contributed by atoms with Gasteiger partial charge in [0.05, 0.1) is 0 Å². The highest BCUT2D eigenvalue weighted by molar-refractivity contribution is 4.88. The summed E-state index contributed by atoms with van der Waals surface area (Å²) in [6, 6.07) is 0. The van der Waals surface area contributed by atoms with Crippen molar-refractivity contribution in [3.05, 3.63) is 12.2 Å². The lowest BCUT2D eigenvalue weighted by atomic mass is 10.0. The van der Waals surface area contributed by atoms with Gasteiger partial charge in [-0.2, -0.15) is 0 Å². The Morgan fingerprint density at radius 3 is 1.47 bits per heavy atom. The fraction of sp³-hybridized carbons (Fsp3) is 0.895. The molecule has 1 aliphatic carbocycles. The summed E-state index contributed by atoms with van der Waals surface area (Å²) in [4.78, 5) is 0. The Morgan fingerprint density at radius 2 is 1.26 bits per heavy atom. The van der Waals surface area contributed by atoms with E-state index in [4.69, 9.17) is 0 Å². The van der Waals surface area contributed by atoms with E-state index in [1.165, 1.54) is 44.9 Å². The molecule has 0 aromatic carbocycles. The Hall–Kier alpha value is -0.260. The number of rotatable bonds is 4. The van der Waals surface area contributed by atoms with Crippen molar-refractivity contribution in [2.24, 2.45) is 5.92 Å². The van der Waals surface area contributed by atoms with Crippen LogP contribution in [-0.4, -0.2) is 0 Å².